The number of rotatable bonds is 6. The van der Waals surface area contributed by atoms with Gasteiger partial charge in [0, 0.05) is 12.7 Å². The minimum Gasteiger partial charge on any atom is -0.252 e. The fraction of sp³-hybridized carbons (Fsp3) is 0.857. The normalized spacial score (nSPS) is 8.82. The maximum absolute atomic E-state index is 4.12. The van der Waals surface area contributed by atoms with Crippen molar-refractivity contribution >= 4 is 0 Å². The molecule has 0 aliphatic carbocycles. The molecule has 0 atom stereocenters. The second kappa shape index (κ2) is 15.1. The van der Waals surface area contributed by atoms with E-state index in [1.807, 2.05) is 32.4 Å². The lowest BCUT2D eigenvalue weighted by Gasteiger charge is -1.94. The maximum Gasteiger partial charge on any atom is 0.0827 e. The number of unbranched alkanes of at least 4 members (excludes halogenated alkanes) is 2. The molecule has 0 aromatic carbocycles. The van der Waals surface area contributed by atoms with Gasteiger partial charge in [-0.15, -0.1) is 5.10 Å². The summed E-state index contributed by atoms with van der Waals surface area (Å²) in [5, 5.41) is 8.17. The first-order valence-electron chi connectivity index (χ1n) is 7.25. The van der Waals surface area contributed by atoms with E-state index in [0.717, 1.165) is 25.1 Å². The van der Waals surface area contributed by atoms with Gasteiger partial charge in [-0.1, -0.05) is 59.6 Å². The molecule has 1 aromatic heterocycles. The van der Waals surface area contributed by atoms with E-state index in [1.54, 1.807) is 0 Å². The molecule has 0 saturated heterocycles. The van der Waals surface area contributed by atoms with Crippen LogP contribution in [0.15, 0.2) is 6.20 Å². The molecule has 0 spiro atoms. The van der Waals surface area contributed by atoms with E-state index in [9.17, 15) is 0 Å². The van der Waals surface area contributed by atoms with E-state index in [2.05, 4.69) is 30.4 Å². The molecule has 0 aliphatic heterocycles. The molecule has 1 aromatic rings. The zero-order valence-electron chi connectivity index (χ0n) is 12.7. The standard InChI is InChI=1S/C10H19N3.2C2H6/c1-3-5-6-7-10-9-13(8-4-2)12-11-10;2*1-2/h9H,3-8H2,1-2H3;2*1-2H3. The van der Waals surface area contributed by atoms with Crippen LogP contribution in [0, 0.1) is 0 Å². The Morgan fingerprint density at radius 1 is 1.00 bits per heavy atom. The van der Waals surface area contributed by atoms with Crippen LogP contribution in [-0.2, 0) is 13.0 Å². The van der Waals surface area contributed by atoms with E-state index < -0.39 is 0 Å². The first-order chi connectivity index (χ1) is 8.36. The SMILES string of the molecule is CC.CC.CCCCCc1cn(CCC)nn1. The van der Waals surface area contributed by atoms with Gasteiger partial charge in [0.1, 0.15) is 0 Å². The van der Waals surface area contributed by atoms with Crippen molar-refractivity contribution in [1.82, 2.24) is 15.0 Å². The summed E-state index contributed by atoms with van der Waals surface area (Å²) in [6.07, 6.45) is 8.07. The molecule has 0 bridgehead atoms. The Morgan fingerprint density at radius 3 is 2.18 bits per heavy atom. The van der Waals surface area contributed by atoms with E-state index in [-0.39, 0.29) is 0 Å². The van der Waals surface area contributed by atoms with Crippen LogP contribution in [0.1, 0.15) is 72.9 Å². The molecule has 1 rings (SSSR count). The molecule has 1 heterocycles. The largest absolute Gasteiger partial charge is 0.252 e. The van der Waals surface area contributed by atoms with Crippen molar-refractivity contribution in [2.24, 2.45) is 0 Å². The Bertz CT molecular complexity index is 231. The maximum atomic E-state index is 4.12. The number of aromatic nitrogens is 3. The van der Waals surface area contributed by atoms with Crippen LogP contribution in [-0.4, -0.2) is 15.0 Å². The monoisotopic (exact) mass is 241 g/mol. The molecule has 0 saturated carbocycles. The van der Waals surface area contributed by atoms with Crippen molar-refractivity contribution in [3.63, 3.8) is 0 Å². The molecule has 17 heavy (non-hydrogen) atoms. The summed E-state index contributed by atoms with van der Waals surface area (Å²) in [6.45, 7) is 13.4. The number of hydrogen-bond acceptors (Lipinski definition) is 2. The quantitative estimate of drug-likeness (QED) is 0.688. The van der Waals surface area contributed by atoms with Gasteiger partial charge in [0.25, 0.3) is 0 Å². The van der Waals surface area contributed by atoms with E-state index in [1.165, 1.54) is 19.3 Å². The van der Waals surface area contributed by atoms with Gasteiger partial charge >= 0.3 is 0 Å². The summed E-state index contributed by atoms with van der Waals surface area (Å²) in [5.74, 6) is 0. The third-order valence-electron chi connectivity index (χ3n) is 2.08. The van der Waals surface area contributed by atoms with Gasteiger partial charge in [-0.3, -0.25) is 4.68 Å². The lowest BCUT2D eigenvalue weighted by molar-refractivity contribution is 0.578. The average molecular weight is 241 g/mol. The van der Waals surface area contributed by atoms with Crippen LogP contribution in [0.3, 0.4) is 0 Å². The van der Waals surface area contributed by atoms with E-state index in [0.29, 0.717) is 0 Å². The number of nitrogens with zero attached hydrogens (tertiary/aromatic N) is 3. The Labute approximate surface area is 108 Å². The molecule has 0 aliphatic rings. The summed E-state index contributed by atoms with van der Waals surface area (Å²) >= 11 is 0. The fourth-order valence-corrected chi connectivity index (χ4v) is 1.35. The van der Waals surface area contributed by atoms with Gasteiger partial charge in [0.2, 0.25) is 0 Å². The topological polar surface area (TPSA) is 30.7 Å². The van der Waals surface area contributed by atoms with Gasteiger partial charge in [0.15, 0.2) is 0 Å². The van der Waals surface area contributed by atoms with Crippen LogP contribution in [0.2, 0.25) is 0 Å². The predicted molar refractivity (Wildman–Crippen MR) is 76.2 cm³/mol. The number of hydrogen-bond donors (Lipinski definition) is 0. The van der Waals surface area contributed by atoms with Gasteiger partial charge in [-0.2, -0.15) is 0 Å². The molecule has 0 N–H and O–H groups in total. The summed E-state index contributed by atoms with van der Waals surface area (Å²) in [5.41, 5.74) is 1.14. The molecule has 3 heteroatoms. The summed E-state index contributed by atoms with van der Waals surface area (Å²) in [7, 11) is 0. The highest BCUT2D eigenvalue weighted by Gasteiger charge is 1.98. The van der Waals surface area contributed by atoms with Crippen molar-refractivity contribution in [1.29, 1.82) is 0 Å². The Morgan fingerprint density at radius 2 is 1.65 bits per heavy atom. The molecule has 0 radical (unpaired) electrons. The lowest BCUT2D eigenvalue weighted by atomic mass is 10.2. The first kappa shape index (κ1) is 18.5. The van der Waals surface area contributed by atoms with Crippen molar-refractivity contribution in [3.05, 3.63) is 11.9 Å². The number of aryl methyl sites for hydroxylation is 2. The lowest BCUT2D eigenvalue weighted by Crippen LogP contribution is -1.96. The zero-order valence-corrected chi connectivity index (χ0v) is 12.7. The van der Waals surface area contributed by atoms with Gasteiger partial charge in [0.05, 0.1) is 5.69 Å². The molecule has 0 unspecified atom stereocenters. The highest BCUT2D eigenvalue weighted by atomic mass is 15.4. The highest BCUT2D eigenvalue weighted by molar-refractivity contribution is 4.91. The third-order valence-corrected chi connectivity index (χ3v) is 2.08. The summed E-state index contributed by atoms with van der Waals surface area (Å²) in [4.78, 5) is 0. The van der Waals surface area contributed by atoms with Crippen LogP contribution < -0.4 is 0 Å². The molecular formula is C14H31N3. The van der Waals surface area contributed by atoms with E-state index in [4.69, 9.17) is 0 Å². The Balaban J connectivity index is 0. The second-order valence-corrected chi connectivity index (χ2v) is 3.43. The minimum absolute atomic E-state index is 0.987. The highest BCUT2D eigenvalue weighted by Crippen LogP contribution is 2.02. The van der Waals surface area contributed by atoms with Crippen LogP contribution in [0.5, 0.6) is 0 Å². The summed E-state index contributed by atoms with van der Waals surface area (Å²) < 4.78 is 1.93. The Hall–Kier alpha value is -0.860. The van der Waals surface area contributed by atoms with Crippen LogP contribution >= 0.6 is 0 Å². The Kier molecular flexibility index (Phi) is 16.5. The van der Waals surface area contributed by atoms with Gasteiger partial charge < -0.3 is 0 Å². The molecular weight excluding hydrogens is 210 g/mol. The fourth-order valence-electron chi connectivity index (χ4n) is 1.35. The van der Waals surface area contributed by atoms with Crippen LogP contribution in [0.4, 0.5) is 0 Å². The second-order valence-electron chi connectivity index (χ2n) is 3.43. The molecule has 0 fully saturated rings. The van der Waals surface area contributed by atoms with Crippen molar-refractivity contribution in [2.45, 2.75) is 80.2 Å². The minimum atomic E-state index is 0.987. The molecule has 102 valence electrons. The smallest absolute Gasteiger partial charge is 0.0827 e. The summed E-state index contributed by atoms with van der Waals surface area (Å²) in [6, 6.07) is 0. The van der Waals surface area contributed by atoms with Crippen LogP contribution in [0.25, 0.3) is 0 Å². The first-order valence-corrected chi connectivity index (χ1v) is 7.25. The predicted octanol–water partition coefficient (Wildman–Crippen LogP) is 4.47. The van der Waals surface area contributed by atoms with Gasteiger partial charge in [-0.25, -0.2) is 0 Å². The van der Waals surface area contributed by atoms with E-state index >= 15 is 0 Å². The van der Waals surface area contributed by atoms with Crippen molar-refractivity contribution < 1.29 is 0 Å². The molecule has 0 amide bonds. The zero-order chi connectivity index (χ0) is 13.5. The third kappa shape index (κ3) is 10.0. The average Bonchev–Trinajstić information content (AvgIpc) is 2.83. The van der Waals surface area contributed by atoms with Crippen molar-refractivity contribution in [2.75, 3.05) is 0 Å². The van der Waals surface area contributed by atoms with Gasteiger partial charge in [-0.05, 0) is 19.3 Å². The molecule has 3 nitrogen and oxygen atoms in total. The van der Waals surface area contributed by atoms with Crippen molar-refractivity contribution in [3.8, 4) is 0 Å².